The first kappa shape index (κ1) is 10.4. The fourth-order valence-corrected chi connectivity index (χ4v) is 1.40. The van der Waals surface area contributed by atoms with Crippen LogP contribution in [0.25, 0.3) is 0 Å². The number of hydrogen-bond donors (Lipinski definition) is 0. The molecule has 0 aliphatic rings. The topological polar surface area (TPSA) is 43.1 Å². The Bertz CT molecular complexity index is 359. The van der Waals surface area contributed by atoms with Crippen LogP contribution in [0.4, 0.5) is 10.1 Å². The summed E-state index contributed by atoms with van der Waals surface area (Å²) in [5.74, 6) is -0.637. The van der Waals surface area contributed by atoms with E-state index in [1.54, 1.807) is 0 Å². The average Bonchev–Trinajstić information content (AvgIpc) is 2.08. The van der Waals surface area contributed by atoms with E-state index in [4.69, 9.17) is 11.6 Å². The summed E-state index contributed by atoms with van der Waals surface area (Å²) in [7, 11) is 0. The van der Waals surface area contributed by atoms with E-state index in [-0.39, 0.29) is 21.6 Å². The second-order valence-electron chi connectivity index (χ2n) is 2.29. The first-order valence-electron chi connectivity index (χ1n) is 3.24. The number of alkyl halides is 1. The van der Waals surface area contributed by atoms with Crippen LogP contribution in [0, 0.1) is 15.9 Å². The highest BCUT2D eigenvalue weighted by Gasteiger charge is 2.16. The molecule has 0 atom stereocenters. The third-order valence-corrected chi connectivity index (χ3v) is 2.36. The lowest BCUT2D eigenvalue weighted by Gasteiger charge is -2.00. The first-order chi connectivity index (χ1) is 6.06. The predicted molar refractivity (Wildman–Crippen MR) is 50.3 cm³/mol. The smallest absolute Gasteiger partial charge is 0.258 e. The van der Waals surface area contributed by atoms with Gasteiger partial charge in [-0.25, -0.2) is 4.39 Å². The standard InChI is InChI=1S/C7H4BrClFNO2/c8-5-2-7(11(12)13)4(3-9)1-6(5)10/h1-2H,3H2. The largest absolute Gasteiger partial charge is 0.275 e. The molecule has 0 saturated carbocycles. The van der Waals surface area contributed by atoms with Crippen LogP contribution >= 0.6 is 27.5 Å². The van der Waals surface area contributed by atoms with E-state index in [0.717, 1.165) is 12.1 Å². The molecule has 0 N–H and O–H groups in total. The Morgan fingerprint density at radius 3 is 2.69 bits per heavy atom. The van der Waals surface area contributed by atoms with Crippen LogP contribution in [0.15, 0.2) is 16.6 Å². The predicted octanol–water partition coefficient (Wildman–Crippen LogP) is 3.24. The van der Waals surface area contributed by atoms with E-state index in [9.17, 15) is 14.5 Å². The molecule has 0 bridgehead atoms. The summed E-state index contributed by atoms with van der Waals surface area (Å²) in [6.07, 6.45) is 0. The SMILES string of the molecule is O=[N+]([O-])c1cc(Br)c(F)cc1CCl. The van der Waals surface area contributed by atoms with E-state index in [0.29, 0.717) is 0 Å². The van der Waals surface area contributed by atoms with Gasteiger partial charge < -0.3 is 0 Å². The van der Waals surface area contributed by atoms with E-state index in [2.05, 4.69) is 15.9 Å². The lowest BCUT2D eigenvalue weighted by Crippen LogP contribution is -1.95. The molecular weight excluding hydrogens is 264 g/mol. The van der Waals surface area contributed by atoms with Crippen molar-refractivity contribution in [2.24, 2.45) is 0 Å². The van der Waals surface area contributed by atoms with Crippen LogP contribution in [0.2, 0.25) is 0 Å². The third-order valence-electron chi connectivity index (χ3n) is 1.46. The summed E-state index contributed by atoms with van der Waals surface area (Å²) < 4.78 is 12.9. The van der Waals surface area contributed by atoms with Crippen molar-refractivity contribution in [3.05, 3.63) is 38.1 Å². The normalized spacial score (nSPS) is 10.1. The molecule has 1 rings (SSSR count). The van der Waals surface area contributed by atoms with E-state index in [1.165, 1.54) is 0 Å². The van der Waals surface area contributed by atoms with Crippen molar-refractivity contribution in [1.29, 1.82) is 0 Å². The Hall–Kier alpha value is -0.680. The fourth-order valence-electron chi connectivity index (χ4n) is 0.855. The maximum atomic E-state index is 12.9. The van der Waals surface area contributed by atoms with Crippen molar-refractivity contribution >= 4 is 33.2 Å². The molecule has 3 nitrogen and oxygen atoms in total. The lowest BCUT2D eigenvalue weighted by molar-refractivity contribution is -0.385. The van der Waals surface area contributed by atoms with Crippen LogP contribution in [0.5, 0.6) is 0 Å². The van der Waals surface area contributed by atoms with Gasteiger partial charge in [0.1, 0.15) is 5.82 Å². The summed E-state index contributed by atoms with van der Waals surface area (Å²) in [5.41, 5.74) is -0.00404. The van der Waals surface area contributed by atoms with Gasteiger partial charge in [0.25, 0.3) is 5.69 Å². The number of nitro groups is 1. The van der Waals surface area contributed by atoms with Gasteiger partial charge in [-0.3, -0.25) is 10.1 Å². The zero-order valence-electron chi connectivity index (χ0n) is 6.26. The van der Waals surface area contributed by atoms with Gasteiger partial charge in [0.05, 0.1) is 15.3 Å². The third kappa shape index (κ3) is 2.16. The quantitative estimate of drug-likeness (QED) is 0.469. The molecular formula is C7H4BrClFNO2. The van der Waals surface area contributed by atoms with E-state index >= 15 is 0 Å². The maximum Gasteiger partial charge on any atom is 0.275 e. The number of rotatable bonds is 2. The molecule has 0 radical (unpaired) electrons. The zero-order valence-corrected chi connectivity index (χ0v) is 8.60. The molecule has 0 aliphatic heterocycles. The van der Waals surface area contributed by atoms with Crippen LogP contribution in [-0.4, -0.2) is 4.92 Å². The van der Waals surface area contributed by atoms with Crippen molar-refractivity contribution in [3.63, 3.8) is 0 Å². The molecule has 0 fully saturated rings. The van der Waals surface area contributed by atoms with Gasteiger partial charge in [-0.2, -0.15) is 0 Å². The van der Waals surface area contributed by atoms with Crippen molar-refractivity contribution in [2.75, 3.05) is 0 Å². The molecule has 0 aliphatic carbocycles. The van der Waals surface area contributed by atoms with Gasteiger partial charge in [0.15, 0.2) is 0 Å². The van der Waals surface area contributed by atoms with Gasteiger partial charge in [-0.1, -0.05) is 0 Å². The fraction of sp³-hybridized carbons (Fsp3) is 0.143. The van der Waals surface area contributed by atoms with Crippen molar-refractivity contribution < 1.29 is 9.31 Å². The maximum absolute atomic E-state index is 12.9. The molecule has 0 amide bonds. The number of benzene rings is 1. The average molecular weight is 268 g/mol. The Balaban J connectivity index is 3.33. The van der Waals surface area contributed by atoms with Gasteiger partial charge in [-0.05, 0) is 22.0 Å². The van der Waals surface area contributed by atoms with Gasteiger partial charge in [0, 0.05) is 11.6 Å². The molecule has 70 valence electrons. The molecule has 0 aromatic heterocycles. The van der Waals surface area contributed by atoms with Gasteiger partial charge in [-0.15, -0.1) is 11.6 Å². The molecule has 0 saturated heterocycles. The van der Waals surface area contributed by atoms with E-state index < -0.39 is 10.7 Å². The highest BCUT2D eigenvalue weighted by Crippen LogP contribution is 2.27. The summed E-state index contributed by atoms with van der Waals surface area (Å²) >= 11 is 8.27. The second kappa shape index (κ2) is 4.02. The van der Waals surface area contributed by atoms with Crippen LogP contribution in [-0.2, 0) is 5.88 Å². The van der Waals surface area contributed by atoms with E-state index in [1.807, 2.05) is 0 Å². The molecule has 1 aromatic carbocycles. The first-order valence-corrected chi connectivity index (χ1v) is 4.57. The minimum Gasteiger partial charge on any atom is -0.258 e. The summed E-state index contributed by atoms with van der Waals surface area (Å²) in [5, 5.41) is 10.4. The summed E-state index contributed by atoms with van der Waals surface area (Å²) in [6.45, 7) is 0. The Morgan fingerprint density at radius 2 is 2.23 bits per heavy atom. The molecule has 1 aromatic rings. The minimum atomic E-state index is -0.595. The van der Waals surface area contributed by atoms with Crippen molar-refractivity contribution in [3.8, 4) is 0 Å². The number of halogens is 3. The lowest BCUT2D eigenvalue weighted by atomic mass is 10.2. The highest BCUT2D eigenvalue weighted by molar-refractivity contribution is 9.10. The van der Waals surface area contributed by atoms with Gasteiger partial charge in [0.2, 0.25) is 0 Å². The number of nitrogens with zero attached hydrogens (tertiary/aromatic N) is 1. The Kier molecular flexibility index (Phi) is 3.22. The summed E-state index contributed by atoms with van der Waals surface area (Å²) in [4.78, 5) is 9.85. The van der Waals surface area contributed by atoms with Crippen molar-refractivity contribution in [1.82, 2.24) is 0 Å². The monoisotopic (exact) mass is 267 g/mol. The number of nitro benzene ring substituents is 1. The Labute approximate surface area is 86.8 Å². The van der Waals surface area contributed by atoms with Gasteiger partial charge >= 0.3 is 0 Å². The highest BCUT2D eigenvalue weighted by atomic mass is 79.9. The molecule has 13 heavy (non-hydrogen) atoms. The second-order valence-corrected chi connectivity index (χ2v) is 3.41. The molecule has 6 heteroatoms. The zero-order chi connectivity index (χ0) is 10.0. The molecule has 0 heterocycles. The Morgan fingerprint density at radius 1 is 1.62 bits per heavy atom. The van der Waals surface area contributed by atoms with Crippen LogP contribution in [0.3, 0.4) is 0 Å². The molecule has 0 spiro atoms. The number of hydrogen-bond acceptors (Lipinski definition) is 2. The molecule has 0 unspecified atom stereocenters. The minimum absolute atomic E-state index is 0.0630. The van der Waals surface area contributed by atoms with Crippen LogP contribution in [0.1, 0.15) is 5.56 Å². The summed E-state index contributed by atoms with van der Waals surface area (Å²) in [6, 6.07) is 2.16. The van der Waals surface area contributed by atoms with Crippen molar-refractivity contribution in [2.45, 2.75) is 5.88 Å². The van der Waals surface area contributed by atoms with Crippen LogP contribution < -0.4 is 0 Å².